The number of hydrogen-bond donors (Lipinski definition) is 1. The highest BCUT2D eigenvalue weighted by Gasteiger charge is 2.20. The monoisotopic (exact) mass is 266 g/mol. The summed E-state index contributed by atoms with van der Waals surface area (Å²) in [5.74, 6) is 0. The summed E-state index contributed by atoms with van der Waals surface area (Å²) in [6.07, 6.45) is 6.72. The molecule has 2 rings (SSSR count). The zero-order chi connectivity index (χ0) is 13.0. The predicted octanol–water partition coefficient (Wildman–Crippen LogP) is 3.83. The smallest absolute Gasteiger partial charge is 0.0426 e. The van der Waals surface area contributed by atoms with Crippen molar-refractivity contribution in [3.8, 4) is 0 Å². The number of nitrogens with zero attached hydrogens (tertiary/aromatic N) is 1. The Bertz CT molecular complexity index is 386. The van der Waals surface area contributed by atoms with Crippen LogP contribution in [-0.2, 0) is 6.54 Å². The van der Waals surface area contributed by atoms with E-state index in [-0.39, 0.29) is 0 Å². The number of anilines is 1. The van der Waals surface area contributed by atoms with Crippen molar-refractivity contribution in [2.24, 2.45) is 0 Å². The lowest BCUT2D eigenvalue weighted by molar-refractivity contribution is 0.427. The van der Waals surface area contributed by atoms with Crippen LogP contribution in [0.4, 0.5) is 5.69 Å². The zero-order valence-corrected chi connectivity index (χ0v) is 12.1. The fourth-order valence-corrected chi connectivity index (χ4v) is 3.04. The third-order valence-electron chi connectivity index (χ3n) is 3.92. The van der Waals surface area contributed by atoms with Gasteiger partial charge in [0, 0.05) is 30.3 Å². The van der Waals surface area contributed by atoms with Gasteiger partial charge in [0.1, 0.15) is 0 Å². The summed E-state index contributed by atoms with van der Waals surface area (Å²) in [5, 5.41) is 4.06. The molecule has 1 aromatic rings. The van der Waals surface area contributed by atoms with Gasteiger partial charge in [0.15, 0.2) is 0 Å². The van der Waals surface area contributed by atoms with Crippen LogP contribution in [0.3, 0.4) is 0 Å². The van der Waals surface area contributed by atoms with Crippen molar-refractivity contribution in [2.75, 3.05) is 19.0 Å². The third kappa shape index (κ3) is 3.18. The molecule has 0 radical (unpaired) electrons. The van der Waals surface area contributed by atoms with Gasteiger partial charge in [-0.3, -0.25) is 0 Å². The van der Waals surface area contributed by atoms with Crippen molar-refractivity contribution >= 4 is 17.3 Å². The minimum Gasteiger partial charge on any atom is -0.371 e. The van der Waals surface area contributed by atoms with Crippen LogP contribution >= 0.6 is 11.6 Å². The Kier molecular flexibility index (Phi) is 4.90. The molecule has 0 spiro atoms. The van der Waals surface area contributed by atoms with E-state index in [4.69, 9.17) is 11.6 Å². The SMILES string of the molecule is CNCc1ccc(Cl)cc1N(C)C1CCCCC1. The van der Waals surface area contributed by atoms with Crippen LogP contribution in [0.2, 0.25) is 5.02 Å². The maximum absolute atomic E-state index is 6.15. The Balaban J connectivity index is 2.21. The molecule has 3 heteroatoms. The first-order valence-corrected chi connectivity index (χ1v) is 7.26. The lowest BCUT2D eigenvalue weighted by atomic mass is 9.94. The first kappa shape index (κ1) is 13.7. The average Bonchev–Trinajstić information content (AvgIpc) is 2.41. The lowest BCUT2D eigenvalue weighted by Crippen LogP contribution is -2.34. The highest BCUT2D eigenvalue weighted by molar-refractivity contribution is 6.30. The van der Waals surface area contributed by atoms with Crippen molar-refractivity contribution in [1.82, 2.24) is 5.32 Å². The molecule has 2 nitrogen and oxygen atoms in total. The van der Waals surface area contributed by atoms with Gasteiger partial charge in [-0.25, -0.2) is 0 Å². The molecule has 1 fully saturated rings. The molecule has 1 saturated carbocycles. The molecule has 0 amide bonds. The molecule has 1 aliphatic carbocycles. The molecule has 0 bridgehead atoms. The van der Waals surface area contributed by atoms with E-state index < -0.39 is 0 Å². The van der Waals surface area contributed by atoms with Crippen LogP contribution in [0, 0.1) is 0 Å². The second-order valence-electron chi connectivity index (χ2n) is 5.21. The molecular weight excluding hydrogens is 244 g/mol. The van der Waals surface area contributed by atoms with Crippen molar-refractivity contribution in [3.63, 3.8) is 0 Å². The first-order chi connectivity index (χ1) is 8.72. The summed E-state index contributed by atoms with van der Waals surface area (Å²) in [7, 11) is 4.19. The van der Waals surface area contributed by atoms with Crippen LogP contribution in [0.15, 0.2) is 18.2 Å². The Morgan fingerprint density at radius 2 is 2.00 bits per heavy atom. The fourth-order valence-electron chi connectivity index (χ4n) is 2.87. The van der Waals surface area contributed by atoms with Gasteiger partial charge < -0.3 is 10.2 Å². The average molecular weight is 267 g/mol. The molecule has 0 saturated heterocycles. The maximum atomic E-state index is 6.15. The molecule has 100 valence electrons. The van der Waals surface area contributed by atoms with Crippen LogP contribution in [0.5, 0.6) is 0 Å². The Morgan fingerprint density at radius 3 is 2.67 bits per heavy atom. The van der Waals surface area contributed by atoms with Gasteiger partial charge in [0.25, 0.3) is 0 Å². The number of nitrogens with one attached hydrogen (secondary N) is 1. The summed E-state index contributed by atoms with van der Waals surface area (Å²) in [6, 6.07) is 6.88. The highest BCUT2D eigenvalue weighted by atomic mass is 35.5. The fraction of sp³-hybridized carbons (Fsp3) is 0.600. The molecule has 0 aliphatic heterocycles. The summed E-state index contributed by atoms with van der Waals surface area (Å²) in [6.45, 7) is 0.892. The standard InChI is InChI=1S/C15H23ClN2/c1-17-11-12-8-9-13(16)10-15(12)18(2)14-6-4-3-5-7-14/h8-10,14,17H,3-7,11H2,1-2H3. The summed E-state index contributed by atoms with van der Waals surface area (Å²) >= 11 is 6.15. The van der Waals surface area contributed by atoms with Gasteiger partial charge in [-0.2, -0.15) is 0 Å². The predicted molar refractivity (Wildman–Crippen MR) is 79.5 cm³/mol. The largest absolute Gasteiger partial charge is 0.371 e. The van der Waals surface area contributed by atoms with E-state index in [1.165, 1.54) is 43.4 Å². The number of hydrogen-bond acceptors (Lipinski definition) is 2. The molecule has 1 aliphatic rings. The molecule has 0 heterocycles. The number of rotatable bonds is 4. The Hall–Kier alpha value is -0.730. The molecular formula is C15H23ClN2. The summed E-state index contributed by atoms with van der Waals surface area (Å²) < 4.78 is 0. The lowest BCUT2D eigenvalue weighted by Gasteiger charge is -2.34. The third-order valence-corrected chi connectivity index (χ3v) is 4.15. The van der Waals surface area contributed by atoms with Gasteiger partial charge in [-0.05, 0) is 37.6 Å². The van der Waals surface area contributed by atoms with E-state index >= 15 is 0 Å². The quantitative estimate of drug-likeness (QED) is 0.891. The topological polar surface area (TPSA) is 15.3 Å². The molecule has 1 N–H and O–H groups in total. The number of halogens is 1. The van der Waals surface area contributed by atoms with Crippen LogP contribution < -0.4 is 10.2 Å². The highest BCUT2D eigenvalue weighted by Crippen LogP contribution is 2.30. The Labute approximate surface area is 115 Å². The van der Waals surface area contributed by atoms with Crippen LogP contribution in [0.1, 0.15) is 37.7 Å². The maximum Gasteiger partial charge on any atom is 0.0426 e. The van der Waals surface area contributed by atoms with Crippen molar-refractivity contribution in [2.45, 2.75) is 44.7 Å². The molecule has 18 heavy (non-hydrogen) atoms. The van der Waals surface area contributed by atoms with Crippen LogP contribution in [0.25, 0.3) is 0 Å². The van der Waals surface area contributed by atoms with E-state index in [0.29, 0.717) is 6.04 Å². The van der Waals surface area contributed by atoms with Gasteiger partial charge in [0.2, 0.25) is 0 Å². The normalized spacial score (nSPS) is 16.8. The van der Waals surface area contributed by atoms with Gasteiger partial charge >= 0.3 is 0 Å². The second-order valence-corrected chi connectivity index (χ2v) is 5.64. The second kappa shape index (κ2) is 6.44. The van der Waals surface area contributed by atoms with E-state index in [1.807, 2.05) is 13.1 Å². The first-order valence-electron chi connectivity index (χ1n) is 6.88. The van der Waals surface area contributed by atoms with Gasteiger partial charge in [-0.1, -0.05) is 36.9 Å². The van der Waals surface area contributed by atoms with E-state index in [1.54, 1.807) is 0 Å². The van der Waals surface area contributed by atoms with Gasteiger partial charge in [0.05, 0.1) is 0 Å². The van der Waals surface area contributed by atoms with Gasteiger partial charge in [-0.15, -0.1) is 0 Å². The molecule has 0 unspecified atom stereocenters. The summed E-state index contributed by atoms with van der Waals surface area (Å²) in [5.41, 5.74) is 2.61. The number of benzene rings is 1. The minimum absolute atomic E-state index is 0.674. The molecule has 1 aromatic carbocycles. The molecule has 0 atom stereocenters. The van der Waals surface area contributed by atoms with E-state index in [9.17, 15) is 0 Å². The van der Waals surface area contributed by atoms with E-state index in [0.717, 1.165) is 11.6 Å². The van der Waals surface area contributed by atoms with Crippen molar-refractivity contribution in [3.05, 3.63) is 28.8 Å². The Morgan fingerprint density at radius 1 is 1.28 bits per heavy atom. The van der Waals surface area contributed by atoms with Crippen molar-refractivity contribution < 1.29 is 0 Å². The van der Waals surface area contributed by atoms with Crippen LogP contribution in [-0.4, -0.2) is 20.1 Å². The van der Waals surface area contributed by atoms with Crippen molar-refractivity contribution in [1.29, 1.82) is 0 Å². The minimum atomic E-state index is 0.674. The summed E-state index contributed by atoms with van der Waals surface area (Å²) in [4.78, 5) is 2.43. The van der Waals surface area contributed by atoms with E-state index in [2.05, 4.69) is 29.4 Å². The zero-order valence-electron chi connectivity index (χ0n) is 11.4. The molecule has 0 aromatic heterocycles.